The van der Waals surface area contributed by atoms with E-state index in [9.17, 15) is 18.0 Å². The van der Waals surface area contributed by atoms with Crippen molar-refractivity contribution >= 4 is 27.5 Å². The molecule has 0 saturated carbocycles. The first-order valence-electron chi connectivity index (χ1n) is 6.86. The molecule has 122 valence electrons. The Bertz CT molecular complexity index is 543. The average molecular weight is 380 g/mol. The number of hydrogen-bond donors (Lipinski definition) is 1. The molecule has 1 aliphatic rings. The van der Waals surface area contributed by atoms with Crippen LogP contribution in [-0.4, -0.2) is 56.8 Å². The molecule has 1 amide bonds. The highest BCUT2D eigenvalue weighted by molar-refractivity contribution is 9.10. The average Bonchev–Trinajstić information content (AvgIpc) is 2.45. The number of rotatable bonds is 3. The smallest absolute Gasteiger partial charge is 0.368 e. The molecule has 1 aromatic rings. The Morgan fingerprint density at radius 3 is 2.45 bits per heavy atom. The van der Waals surface area contributed by atoms with Crippen LogP contribution in [0.1, 0.15) is 10.4 Å². The van der Waals surface area contributed by atoms with Gasteiger partial charge in [-0.25, -0.2) is 0 Å². The second-order valence-corrected chi connectivity index (χ2v) is 6.03. The lowest BCUT2D eigenvalue weighted by Gasteiger charge is -2.37. The Labute approximate surface area is 135 Å². The molecule has 0 spiro atoms. The molecule has 2 rings (SSSR count). The minimum absolute atomic E-state index is 0.208. The zero-order valence-corrected chi connectivity index (χ0v) is 13.7. The zero-order valence-electron chi connectivity index (χ0n) is 12.1. The number of alkyl halides is 3. The van der Waals surface area contributed by atoms with Gasteiger partial charge in [-0.15, -0.1) is 0 Å². The molecule has 0 bridgehead atoms. The molecule has 1 N–H and O–H groups in total. The number of carbonyl (C=O) groups is 1. The predicted octanol–water partition coefficient (Wildman–Crippen LogP) is 2.49. The van der Waals surface area contributed by atoms with Crippen LogP contribution in [0, 0.1) is 0 Å². The van der Waals surface area contributed by atoms with E-state index in [1.807, 2.05) is 11.0 Å². The van der Waals surface area contributed by atoms with E-state index in [-0.39, 0.29) is 5.91 Å². The fourth-order valence-electron chi connectivity index (χ4n) is 2.49. The maximum Gasteiger partial charge on any atom is 0.401 e. The summed E-state index contributed by atoms with van der Waals surface area (Å²) >= 11 is 3.37. The number of piperazine rings is 1. The van der Waals surface area contributed by atoms with Gasteiger partial charge in [0, 0.05) is 37.7 Å². The van der Waals surface area contributed by atoms with Crippen molar-refractivity contribution in [3.8, 4) is 0 Å². The van der Waals surface area contributed by atoms with E-state index in [0.717, 1.165) is 10.2 Å². The summed E-state index contributed by atoms with van der Waals surface area (Å²) in [6.07, 6.45) is -4.18. The second kappa shape index (κ2) is 6.87. The summed E-state index contributed by atoms with van der Waals surface area (Å²) < 4.78 is 38.1. The van der Waals surface area contributed by atoms with Crippen molar-refractivity contribution in [3.63, 3.8) is 0 Å². The molecule has 1 aromatic carbocycles. The second-order valence-electron chi connectivity index (χ2n) is 5.12. The molecule has 22 heavy (non-hydrogen) atoms. The van der Waals surface area contributed by atoms with Crippen LogP contribution in [0.25, 0.3) is 0 Å². The van der Waals surface area contributed by atoms with Crippen molar-refractivity contribution in [1.29, 1.82) is 0 Å². The lowest BCUT2D eigenvalue weighted by atomic mass is 10.1. The molecule has 4 nitrogen and oxygen atoms in total. The molecule has 0 aliphatic carbocycles. The highest BCUT2D eigenvalue weighted by Crippen LogP contribution is 2.27. The monoisotopic (exact) mass is 379 g/mol. The van der Waals surface area contributed by atoms with E-state index >= 15 is 0 Å². The van der Waals surface area contributed by atoms with Crippen molar-refractivity contribution in [3.05, 3.63) is 28.2 Å². The Kier molecular flexibility index (Phi) is 5.33. The Morgan fingerprint density at radius 2 is 1.91 bits per heavy atom. The summed E-state index contributed by atoms with van der Waals surface area (Å²) in [6.45, 7) is 0.660. The minimum atomic E-state index is -4.18. The predicted molar refractivity (Wildman–Crippen MR) is 82.2 cm³/mol. The van der Waals surface area contributed by atoms with Gasteiger partial charge in [-0.2, -0.15) is 13.2 Å². The van der Waals surface area contributed by atoms with Gasteiger partial charge >= 0.3 is 6.18 Å². The lowest BCUT2D eigenvalue weighted by Crippen LogP contribution is -2.49. The van der Waals surface area contributed by atoms with Crippen LogP contribution in [-0.2, 0) is 0 Å². The molecule has 1 aliphatic heterocycles. The standard InChI is InChI=1S/C14H17BrF3N3O/c1-19-13(22)11-3-2-10(15)8-12(11)21-6-4-20(5-7-21)9-14(16,17)18/h2-3,8H,4-7,9H2,1H3,(H,19,22). The van der Waals surface area contributed by atoms with Crippen LogP contribution < -0.4 is 10.2 Å². The maximum absolute atomic E-state index is 12.4. The van der Waals surface area contributed by atoms with Crippen LogP contribution in [0.4, 0.5) is 18.9 Å². The van der Waals surface area contributed by atoms with Crippen LogP contribution in [0.2, 0.25) is 0 Å². The lowest BCUT2D eigenvalue weighted by molar-refractivity contribution is -0.146. The summed E-state index contributed by atoms with van der Waals surface area (Å²) in [5.41, 5.74) is 1.26. The van der Waals surface area contributed by atoms with Crippen molar-refractivity contribution in [2.75, 3.05) is 44.7 Å². The summed E-state index contributed by atoms with van der Waals surface area (Å²) in [5.74, 6) is -0.208. The molecule has 0 aromatic heterocycles. The van der Waals surface area contributed by atoms with Gasteiger partial charge in [0.2, 0.25) is 0 Å². The summed E-state index contributed by atoms with van der Waals surface area (Å²) in [5, 5.41) is 2.58. The highest BCUT2D eigenvalue weighted by Gasteiger charge is 2.32. The van der Waals surface area contributed by atoms with Crippen molar-refractivity contribution in [2.24, 2.45) is 0 Å². The quantitative estimate of drug-likeness (QED) is 0.876. The topological polar surface area (TPSA) is 35.6 Å². The van der Waals surface area contributed by atoms with E-state index in [1.165, 1.54) is 4.90 Å². The van der Waals surface area contributed by atoms with E-state index in [4.69, 9.17) is 0 Å². The number of halogens is 4. The summed E-state index contributed by atoms with van der Waals surface area (Å²) in [4.78, 5) is 15.3. The van der Waals surface area contributed by atoms with Crippen molar-refractivity contribution in [1.82, 2.24) is 10.2 Å². The third-order valence-electron chi connectivity index (χ3n) is 3.55. The van der Waals surface area contributed by atoms with Crippen molar-refractivity contribution < 1.29 is 18.0 Å². The molecule has 0 radical (unpaired) electrons. The van der Waals surface area contributed by atoms with Gasteiger partial charge < -0.3 is 10.2 Å². The van der Waals surface area contributed by atoms with Crippen molar-refractivity contribution in [2.45, 2.75) is 6.18 Å². The third kappa shape index (κ3) is 4.36. The zero-order chi connectivity index (χ0) is 16.3. The normalized spacial score (nSPS) is 16.7. The largest absolute Gasteiger partial charge is 0.401 e. The molecule has 1 saturated heterocycles. The number of benzene rings is 1. The molecule has 8 heteroatoms. The molecule has 0 unspecified atom stereocenters. The van der Waals surface area contributed by atoms with E-state index < -0.39 is 12.7 Å². The first-order chi connectivity index (χ1) is 10.3. The van der Waals surface area contributed by atoms with Gasteiger partial charge in [0.25, 0.3) is 5.91 Å². The van der Waals surface area contributed by atoms with E-state index in [2.05, 4.69) is 21.2 Å². The van der Waals surface area contributed by atoms with Gasteiger partial charge in [-0.1, -0.05) is 15.9 Å². The van der Waals surface area contributed by atoms with Crippen LogP contribution in [0.5, 0.6) is 0 Å². The number of nitrogens with one attached hydrogen (secondary N) is 1. The third-order valence-corrected chi connectivity index (χ3v) is 4.04. The number of nitrogens with zero attached hydrogens (tertiary/aromatic N) is 2. The first-order valence-corrected chi connectivity index (χ1v) is 7.65. The van der Waals surface area contributed by atoms with Crippen LogP contribution >= 0.6 is 15.9 Å². The fraction of sp³-hybridized carbons (Fsp3) is 0.500. The number of amides is 1. The number of anilines is 1. The minimum Gasteiger partial charge on any atom is -0.368 e. The number of hydrogen-bond acceptors (Lipinski definition) is 3. The van der Waals surface area contributed by atoms with E-state index in [0.29, 0.717) is 31.7 Å². The summed E-state index contributed by atoms with van der Waals surface area (Å²) in [7, 11) is 1.55. The van der Waals surface area contributed by atoms with Gasteiger partial charge in [0.1, 0.15) is 0 Å². The fourth-order valence-corrected chi connectivity index (χ4v) is 2.84. The maximum atomic E-state index is 12.4. The SMILES string of the molecule is CNC(=O)c1ccc(Br)cc1N1CCN(CC(F)(F)F)CC1. The van der Waals surface area contributed by atoms with Gasteiger partial charge in [0.05, 0.1) is 17.8 Å². The molecular weight excluding hydrogens is 363 g/mol. The van der Waals surface area contributed by atoms with Gasteiger partial charge in [-0.3, -0.25) is 9.69 Å². The van der Waals surface area contributed by atoms with E-state index in [1.54, 1.807) is 19.2 Å². The van der Waals surface area contributed by atoms with Crippen LogP contribution in [0.3, 0.4) is 0 Å². The van der Waals surface area contributed by atoms with Crippen LogP contribution in [0.15, 0.2) is 22.7 Å². The summed E-state index contributed by atoms with van der Waals surface area (Å²) in [6, 6.07) is 5.30. The van der Waals surface area contributed by atoms with Gasteiger partial charge in [-0.05, 0) is 18.2 Å². The molecule has 0 atom stereocenters. The Hall–Kier alpha value is -1.28. The highest BCUT2D eigenvalue weighted by atomic mass is 79.9. The van der Waals surface area contributed by atoms with Gasteiger partial charge in [0.15, 0.2) is 0 Å². The Morgan fingerprint density at radius 1 is 1.27 bits per heavy atom. The molecule has 1 fully saturated rings. The first kappa shape index (κ1) is 17.1. The Balaban J connectivity index is 2.11. The number of carbonyl (C=O) groups excluding carboxylic acids is 1. The molecular formula is C14H17BrF3N3O. The molecule has 1 heterocycles.